The highest BCUT2D eigenvalue weighted by atomic mass is 32.1. The monoisotopic (exact) mass is 438 g/mol. The molecule has 3 aromatic rings. The number of thiophene rings is 1. The van der Waals surface area contributed by atoms with Crippen LogP contribution in [0.25, 0.3) is 10.7 Å². The van der Waals surface area contributed by atoms with E-state index in [1.54, 1.807) is 11.3 Å². The van der Waals surface area contributed by atoms with Crippen molar-refractivity contribution in [1.29, 1.82) is 0 Å². The van der Waals surface area contributed by atoms with Crippen molar-refractivity contribution in [3.05, 3.63) is 58.3 Å². The molecular formula is C24H30N4O2S. The topological polar surface area (TPSA) is 62.5 Å². The summed E-state index contributed by atoms with van der Waals surface area (Å²) >= 11 is 1.62. The summed E-state index contributed by atoms with van der Waals surface area (Å²) < 4.78 is 5.38. The molecule has 2 aromatic heterocycles. The van der Waals surface area contributed by atoms with Crippen molar-refractivity contribution < 1.29 is 9.32 Å². The third kappa shape index (κ3) is 5.80. The van der Waals surface area contributed by atoms with Gasteiger partial charge in [0, 0.05) is 39.0 Å². The molecule has 0 bridgehead atoms. The van der Waals surface area contributed by atoms with Crippen molar-refractivity contribution in [2.75, 3.05) is 32.7 Å². The summed E-state index contributed by atoms with van der Waals surface area (Å²) in [6.45, 7) is 8.71. The van der Waals surface area contributed by atoms with Crippen LogP contribution in [0.1, 0.15) is 35.4 Å². The van der Waals surface area contributed by atoms with E-state index in [9.17, 15) is 4.79 Å². The molecule has 0 spiro atoms. The summed E-state index contributed by atoms with van der Waals surface area (Å²) in [5, 5.41) is 6.08. The fourth-order valence-electron chi connectivity index (χ4n) is 4.06. The average molecular weight is 439 g/mol. The van der Waals surface area contributed by atoms with Crippen LogP contribution in [0.2, 0.25) is 0 Å². The fourth-order valence-corrected chi connectivity index (χ4v) is 4.71. The van der Waals surface area contributed by atoms with E-state index in [0.717, 1.165) is 56.9 Å². The molecule has 1 aliphatic rings. The van der Waals surface area contributed by atoms with E-state index < -0.39 is 0 Å². The van der Waals surface area contributed by atoms with Crippen molar-refractivity contribution in [2.45, 2.75) is 39.5 Å². The highest BCUT2D eigenvalue weighted by Crippen LogP contribution is 2.21. The molecule has 0 saturated carbocycles. The molecule has 0 aliphatic carbocycles. The van der Waals surface area contributed by atoms with Crippen LogP contribution in [-0.4, -0.2) is 58.6 Å². The van der Waals surface area contributed by atoms with Gasteiger partial charge in [-0.15, -0.1) is 11.3 Å². The number of benzene rings is 1. The molecule has 0 radical (unpaired) electrons. The number of hydrogen-bond donors (Lipinski definition) is 0. The lowest BCUT2D eigenvalue weighted by Crippen LogP contribution is -2.48. The molecule has 1 fully saturated rings. The molecule has 3 heterocycles. The second kappa shape index (κ2) is 10.2. The first-order valence-electron chi connectivity index (χ1n) is 11.0. The highest BCUT2D eigenvalue weighted by molar-refractivity contribution is 7.13. The normalized spacial score (nSPS) is 14.8. The Bertz CT molecular complexity index is 991. The quantitative estimate of drug-likeness (QED) is 0.529. The Labute approximate surface area is 187 Å². The first-order chi connectivity index (χ1) is 15.1. The van der Waals surface area contributed by atoms with Gasteiger partial charge in [0.05, 0.1) is 4.88 Å². The molecule has 31 heavy (non-hydrogen) atoms. The summed E-state index contributed by atoms with van der Waals surface area (Å²) in [7, 11) is 0. The van der Waals surface area contributed by atoms with Gasteiger partial charge in [0.25, 0.3) is 0 Å². The summed E-state index contributed by atoms with van der Waals surface area (Å²) in [5.74, 6) is 1.65. The van der Waals surface area contributed by atoms with Crippen LogP contribution in [0.3, 0.4) is 0 Å². The van der Waals surface area contributed by atoms with Crippen LogP contribution in [0, 0.1) is 13.8 Å². The van der Waals surface area contributed by atoms with Gasteiger partial charge in [-0.2, -0.15) is 4.98 Å². The Hall–Kier alpha value is -2.51. The lowest BCUT2D eigenvalue weighted by atomic mass is 10.0. The maximum Gasteiger partial charge on any atom is 0.227 e. The molecule has 1 saturated heterocycles. The Kier molecular flexibility index (Phi) is 7.14. The lowest BCUT2D eigenvalue weighted by Gasteiger charge is -2.34. The van der Waals surface area contributed by atoms with Gasteiger partial charge in [0.2, 0.25) is 17.6 Å². The number of rotatable bonds is 8. The highest BCUT2D eigenvalue weighted by Gasteiger charge is 2.21. The first kappa shape index (κ1) is 21.7. The zero-order chi connectivity index (χ0) is 21.6. The Morgan fingerprint density at radius 1 is 1.13 bits per heavy atom. The molecule has 6 nitrogen and oxygen atoms in total. The zero-order valence-corrected chi connectivity index (χ0v) is 19.2. The van der Waals surface area contributed by atoms with Gasteiger partial charge in [0.15, 0.2) is 0 Å². The summed E-state index contributed by atoms with van der Waals surface area (Å²) in [4.78, 5) is 22.6. The Balaban J connectivity index is 1.15. The van der Waals surface area contributed by atoms with Gasteiger partial charge in [0.1, 0.15) is 0 Å². The van der Waals surface area contributed by atoms with Gasteiger partial charge in [-0.1, -0.05) is 35.0 Å². The van der Waals surface area contributed by atoms with Gasteiger partial charge >= 0.3 is 0 Å². The van der Waals surface area contributed by atoms with E-state index in [2.05, 4.69) is 47.1 Å². The second-order valence-electron chi connectivity index (χ2n) is 8.24. The predicted molar refractivity (Wildman–Crippen MR) is 123 cm³/mol. The van der Waals surface area contributed by atoms with E-state index in [-0.39, 0.29) is 5.91 Å². The van der Waals surface area contributed by atoms with Crippen LogP contribution >= 0.6 is 11.3 Å². The molecule has 0 unspecified atom stereocenters. The van der Waals surface area contributed by atoms with E-state index >= 15 is 0 Å². The molecule has 1 aliphatic heterocycles. The minimum absolute atomic E-state index is 0.270. The second-order valence-corrected chi connectivity index (χ2v) is 9.19. The van der Waals surface area contributed by atoms with Crippen molar-refractivity contribution in [3.8, 4) is 10.7 Å². The average Bonchev–Trinajstić information content (AvgIpc) is 3.45. The number of piperazine rings is 1. The standard InChI is InChI=1S/C24H30N4O2S/c1-18-7-8-20(19(2)17-18)9-10-23(29)28-14-12-27(13-15-28)11-3-6-22-25-24(26-30-22)21-5-4-16-31-21/h4-5,7-8,16-17H,3,6,9-15H2,1-2H3. The number of carbonyl (C=O) groups is 1. The fraction of sp³-hybridized carbons (Fsp3) is 0.458. The molecule has 7 heteroatoms. The SMILES string of the molecule is Cc1ccc(CCC(=O)N2CCN(CCCc3nc(-c4cccs4)no3)CC2)c(C)c1. The molecule has 164 valence electrons. The number of aryl methyl sites for hydroxylation is 4. The Morgan fingerprint density at radius 3 is 2.71 bits per heavy atom. The van der Waals surface area contributed by atoms with Gasteiger partial charge < -0.3 is 9.42 Å². The number of nitrogens with zero attached hydrogens (tertiary/aromatic N) is 4. The molecule has 4 rings (SSSR count). The van der Waals surface area contributed by atoms with Gasteiger partial charge in [-0.05, 0) is 55.8 Å². The van der Waals surface area contributed by atoms with Crippen LogP contribution in [0.4, 0.5) is 0 Å². The number of hydrogen-bond acceptors (Lipinski definition) is 6. The van der Waals surface area contributed by atoms with Crippen molar-refractivity contribution in [1.82, 2.24) is 19.9 Å². The maximum atomic E-state index is 12.6. The molecular weight excluding hydrogens is 408 g/mol. The zero-order valence-electron chi connectivity index (χ0n) is 18.3. The minimum Gasteiger partial charge on any atom is -0.340 e. The van der Waals surface area contributed by atoms with Crippen LogP contribution in [0.5, 0.6) is 0 Å². The smallest absolute Gasteiger partial charge is 0.227 e. The molecule has 0 atom stereocenters. The number of aromatic nitrogens is 2. The third-order valence-electron chi connectivity index (χ3n) is 5.91. The predicted octanol–water partition coefficient (Wildman–Crippen LogP) is 4.12. The van der Waals surface area contributed by atoms with E-state index in [0.29, 0.717) is 18.1 Å². The van der Waals surface area contributed by atoms with Crippen molar-refractivity contribution in [2.24, 2.45) is 0 Å². The number of carbonyl (C=O) groups excluding carboxylic acids is 1. The van der Waals surface area contributed by atoms with Gasteiger partial charge in [-0.3, -0.25) is 9.69 Å². The molecule has 1 amide bonds. The summed E-state index contributed by atoms with van der Waals surface area (Å²) in [5.41, 5.74) is 3.83. The minimum atomic E-state index is 0.270. The van der Waals surface area contributed by atoms with Crippen LogP contribution in [0.15, 0.2) is 40.2 Å². The molecule has 0 N–H and O–H groups in total. The lowest BCUT2D eigenvalue weighted by molar-refractivity contribution is -0.132. The van der Waals surface area contributed by atoms with Crippen molar-refractivity contribution >= 4 is 17.2 Å². The van der Waals surface area contributed by atoms with E-state index in [1.165, 1.54) is 16.7 Å². The van der Waals surface area contributed by atoms with E-state index in [4.69, 9.17) is 4.52 Å². The first-order valence-corrected chi connectivity index (χ1v) is 11.9. The maximum absolute atomic E-state index is 12.6. The summed E-state index contributed by atoms with van der Waals surface area (Å²) in [6.07, 6.45) is 3.18. The summed E-state index contributed by atoms with van der Waals surface area (Å²) in [6, 6.07) is 10.5. The van der Waals surface area contributed by atoms with E-state index in [1.807, 2.05) is 22.4 Å². The Morgan fingerprint density at radius 2 is 1.97 bits per heavy atom. The third-order valence-corrected chi connectivity index (χ3v) is 6.77. The number of amides is 1. The largest absolute Gasteiger partial charge is 0.340 e. The van der Waals surface area contributed by atoms with Crippen molar-refractivity contribution in [3.63, 3.8) is 0 Å². The van der Waals surface area contributed by atoms with Gasteiger partial charge in [-0.25, -0.2) is 0 Å². The molecule has 1 aromatic carbocycles. The van der Waals surface area contributed by atoms with Crippen LogP contribution < -0.4 is 0 Å². The van der Waals surface area contributed by atoms with Crippen LogP contribution in [-0.2, 0) is 17.6 Å².